The van der Waals surface area contributed by atoms with Crippen molar-refractivity contribution in [3.8, 4) is 5.75 Å². The topological polar surface area (TPSA) is 61.3 Å². The van der Waals surface area contributed by atoms with E-state index in [1.54, 1.807) is 12.5 Å². The quantitative estimate of drug-likeness (QED) is 0.804. The van der Waals surface area contributed by atoms with Gasteiger partial charge in [-0.25, -0.2) is 0 Å². The summed E-state index contributed by atoms with van der Waals surface area (Å²) in [6.07, 6.45) is 3.20. The summed E-state index contributed by atoms with van der Waals surface area (Å²) in [5.41, 5.74) is 9.51. The van der Waals surface area contributed by atoms with E-state index in [0.717, 1.165) is 28.1 Å². The Hall–Kier alpha value is -1.97. The Morgan fingerprint density at radius 1 is 1.38 bits per heavy atom. The van der Waals surface area contributed by atoms with Crippen molar-refractivity contribution < 1.29 is 9.26 Å². The molecule has 4 heteroatoms. The van der Waals surface area contributed by atoms with Gasteiger partial charge >= 0.3 is 0 Å². The highest BCUT2D eigenvalue weighted by atomic mass is 16.5. The molecule has 0 unspecified atom stereocenters. The molecule has 4 nitrogen and oxygen atoms in total. The highest BCUT2D eigenvalue weighted by Gasteiger charge is 2.07. The minimum Gasteiger partial charge on any atom is -0.488 e. The van der Waals surface area contributed by atoms with Gasteiger partial charge in [0.2, 0.25) is 0 Å². The molecule has 16 heavy (non-hydrogen) atoms. The number of nitrogens with zero attached hydrogens (tertiary/aromatic N) is 1. The second-order valence-corrected chi connectivity index (χ2v) is 3.75. The third-order valence-corrected chi connectivity index (χ3v) is 2.51. The third kappa shape index (κ3) is 2.00. The number of ether oxygens (including phenoxy) is 1. The second kappa shape index (κ2) is 4.26. The maximum atomic E-state index is 5.83. The fourth-order valence-corrected chi connectivity index (χ4v) is 1.52. The lowest BCUT2D eigenvalue weighted by atomic mass is 10.1. The van der Waals surface area contributed by atoms with Gasteiger partial charge in [-0.1, -0.05) is 11.2 Å². The lowest BCUT2D eigenvalue weighted by molar-refractivity contribution is 0.300. The van der Waals surface area contributed by atoms with Gasteiger partial charge < -0.3 is 15.0 Å². The average Bonchev–Trinajstić information content (AvgIpc) is 2.77. The number of aryl methyl sites for hydroxylation is 1. The maximum Gasteiger partial charge on any atom is 0.130 e. The zero-order valence-electron chi connectivity index (χ0n) is 9.36. The molecule has 0 amide bonds. The molecule has 0 aliphatic carbocycles. The minimum atomic E-state index is 0.439. The van der Waals surface area contributed by atoms with Crippen LogP contribution >= 0.6 is 0 Å². The monoisotopic (exact) mass is 218 g/mol. The van der Waals surface area contributed by atoms with Crippen molar-refractivity contribution in [2.24, 2.45) is 0 Å². The van der Waals surface area contributed by atoms with Gasteiger partial charge in [0.25, 0.3) is 0 Å². The van der Waals surface area contributed by atoms with E-state index in [9.17, 15) is 0 Å². The number of aromatic nitrogens is 1. The molecular formula is C12H14N2O2. The summed E-state index contributed by atoms with van der Waals surface area (Å²) < 4.78 is 10.4. The van der Waals surface area contributed by atoms with Crippen LogP contribution in [0.1, 0.15) is 16.7 Å². The Morgan fingerprint density at radius 3 is 2.88 bits per heavy atom. The standard InChI is InChI=1S/C12H14N2O2/c1-8-3-4-11(13)9(2)12(8)15-6-10-5-14-16-7-10/h3-5,7H,6,13H2,1-2H3. The summed E-state index contributed by atoms with van der Waals surface area (Å²) in [6.45, 7) is 4.38. The van der Waals surface area contributed by atoms with Crippen LogP contribution in [0.3, 0.4) is 0 Å². The van der Waals surface area contributed by atoms with Gasteiger partial charge in [0, 0.05) is 16.8 Å². The number of hydrogen-bond acceptors (Lipinski definition) is 4. The molecule has 0 atom stereocenters. The first-order chi connectivity index (χ1) is 7.68. The Kier molecular flexibility index (Phi) is 2.81. The number of nitrogen functional groups attached to an aromatic ring is 1. The van der Waals surface area contributed by atoms with Gasteiger partial charge in [-0.05, 0) is 25.5 Å². The van der Waals surface area contributed by atoms with Crippen LogP contribution in [0, 0.1) is 13.8 Å². The molecule has 1 heterocycles. The number of nitrogens with two attached hydrogens (primary N) is 1. The summed E-state index contributed by atoms with van der Waals surface area (Å²) in [5, 5.41) is 3.62. The van der Waals surface area contributed by atoms with Crippen LogP contribution in [-0.2, 0) is 6.61 Å². The van der Waals surface area contributed by atoms with Gasteiger partial charge in [-0.2, -0.15) is 0 Å². The molecule has 2 N–H and O–H groups in total. The molecule has 0 saturated heterocycles. The smallest absolute Gasteiger partial charge is 0.130 e. The van der Waals surface area contributed by atoms with Crippen molar-refractivity contribution >= 4 is 5.69 Å². The van der Waals surface area contributed by atoms with E-state index in [-0.39, 0.29) is 0 Å². The molecular weight excluding hydrogens is 204 g/mol. The van der Waals surface area contributed by atoms with Crippen LogP contribution in [0.4, 0.5) is 5.69 Å². The van der Waals surface area contributed by atoms with Crippen molar-refractivity contribution in [2.45, 2.75) is 20.5 Å². The number of hydrogen-bond donors (Lipinski definition) is 1. The Bertz CT molecular complexity index is 478. The molecule has 2 aromatic rings. The second-order valence-electron chi connectivity index (χ2n) is 3.75. The number of rotatable bonds is 3. The fraction of sp³-hybridized carbons (Fsp3) is 0.250. The summed E-state index contributed by atoms with van der Waals surface area (Å²) >= 11 is 0. The van der Waals surface area contributed by atoms with E-state index in [1.807, 2.05) is 26.0 Å². The molecule has 0 aliphatic rings. The highest BCUT2D eigenvalue weighted by molar-refractivity contribution is 5.56. The number of anilines is 1. The van der Waals surface area contributed by atoms with E-state index in [0.29, 0.717) is 6.61 Å². The van der Waals surface area contributed by atoms with Crippen LogP contribution in [0.25, 0.3) is 0 Å². The maximum absolute atomic E-state index is 5.83. The molecule has 1 aromatic carbocycles. The molecule has 0 aliphatic heterocycles. The summed E-state index contributed by atoms with van der Waals surface area (Å²) in [6, 6.07) is 3.84. The van der Waals surface area contributed by atoms with Gasteiger partial charge in [0.1, 0.15) is 18.6 Å². The van der Waals surface area contributed by atoms with Crippen LogP contribution in [0.15, 0.2) is 29.1 Å². The van der Waals surface area contributed by atoms with Crippen LogP contribution in [0.5, 0.6) is 5.75 Å². The van der Waals surface area contributed by atoms with Crippen molar-refractivity contribution in [1.29, 1.82) is 0 Å². The summed E-state index contributed by atoms with van der Waals surface area (Å²) in [5.74, 6) is 0.834. The van der Waals surface area contributed by atoms with Crippen LogP contribution < -0.4 is 10.5 Å². The van der Waals surface area contributed by atoms with Crippen molar-refractivity contribution in [3.05, 3.63) is 41.3 Å². The highest BCUT2D eigenvalue weighted by Crippen LogP contribution is 2.28. The summed E-state index contributed by atoms with van der Waals surface area (Å²) in [7, 11) is 0. The molecule has 2 rings (SSSR count). The van der Waals surface area contributed by atoms with Crippen molar-refractivity contribution in [3.63, 3.8) is 0 Å². The predicted molar refractivity (Wildman–Crippen MR) is 61.2 cm³/mol. The molecule has 84 valence electrons. The van der Waals surface area contributed by atoms with Crippen molar-refractivity contribution in [2.75, 3.05) is 5.73 Å². The Morgan fingerprint density at radius 2 is 2.19 bits per heavy atom. The Labute approximate surface area is 94.0 Å². The summed E-state index contributed by atoms with van der Waals surface area (Å²) in [4.78, 5) is 0. The zero-order valence-corrected chi connectivity index (χ0v) is 9.36. The van der Waals surface area contributed by atoms with Gasteiger partial charge in [-0.3, -0.25) is 0 Å². The minimum absolute atomic E-state index is 0.439. The van der Waals surface area contributed by atoms with E-state index in [1.165, 1.54) is 0 Å². The van der Waals surface area contributed by atoms with Crippen LogP contribution in [0.2, 0.25) is 0 Å². The third-order valence-electron chi connectivity index (χ3n) is 2.51. The van der Waals surface area contributed by atoms with Gasteiger partial charge in [0.05, 0.1) is 6.20 Å². The van der Waals surface area contributed by atoms with Crippen LogP contribution in [-0.4, -0.2) is 5.16 Å². The van der Waals surface area contributed by atoms with Gasteiger partial charge in [-0.15, -0.1) is 0 Å². The zero-order chi connectivity index (χ0) is 11.5. The van der Waals surface area contributed by atoms with E-state index in [4.69, 9.17) is 15.0 Å². The molecule has 0 spiro atoms. The molecule has 0 bridgehead atoms. The van der Waals surface area contributed by atoms with E-state index in [2.05, 4.69) is 5.16 Å². The largest absolute Gasteiger partial charge is 0.488 e. The van der Waals surface area contributed by atoms with E-state index >= 15 is 0 Å². The van der Waals surface area contributed by atoms with E-state index < -0.39 is 0 Å². The first-order valence-corrected chi connectivity index (χ1v) is 5.05. The van der Waals surface area contributed by atoms with Crippen molar-refractivity contribution in [1.82, 2.24) is 5.16 Å². The molecule has 0 saturated carbocycles. The fourth-order valence-electron chi connectivity index (χ4n) is 1.52. The lowest BCUT2D eigenvalue weighted by Gasteiger charge is -2.12. The first kappa shape index (κ1) is 10.5. The molecule has 1 aromatic heterocycles. The average molecular weight is 218 g/mol. The normalized spacial score (nSPS) is 10.4. The predicted octanol–water partition coefficient (Wildman–Crippen LogP) is 2.45. The lowest BCUT2D eigenvalue weighted by Crippen LogP contribution is -2.00. The molecule has 0 fully saturated rings. The SMILES string of the molecule is Cc1ccc(N)c(C)c1OCc1cnoc1. The Balaban J connectivity index is 2.18. The van der Waals surface area contributed by atoms with Gasteiger partial charge in [0.15, 0.2) is 0 Å². The molecule has 0 radical (unpaired) electrons. The first-order valence-electron chi connectivity index (χ1n) is 5.05. The number of benzene rings is 1.